The van der Waals surface area contributed by atoms with Crippen molar-refractivity contribution >= 4 is 23.2 Å². The van der Waals surface area contributed by atoms with E-state index in [2.05, 4.69) is 41.5 Å². The van der Waals surface area contributed by atoms with Crippen LogP contribution in [0.2, 0.25) is 0 Å². The van der Waals surface area contributed by atoms with Gasteiger partial charge in [-0.15, -0.1) is 0 Å². The third kappa shape index (κ3) is 3.94. The van der Waals surface area contributed by atoms with E-state index in [0.29, 0.717) is 17.2 Å². The van der Waals surface area contributed by atoms with Gasteiger partial charge in [-0.3, -0.25) is 9.59 Å². The maximum atomic E-state index is 13.2. The number of fused-ring (bicyclic) bond motifs is 2. The molecule has 0 N–H and O–H groups in total. The number of rotatable bonds is 2. The normalized spacial score (nSPS) is 18.7. The zero-order chi connectivity index (χ0) is 23.4. The number of carbonyl (C=O) groups is 2. The molecular weight excluding hydrogens is 404 g/mol. The summed E-state index contributed by atoms with van der Waals surface area (Å²) in [7, 11) is 1.76. The number of benzene rings is 2. The van der Waals surface area contributed by atoms with Crippen LogP contribution in [0, 0.1) is 0 Å². The molecule has 2 aromatic rings. The van der Waals surface area contributed by atoms with Crippen LogP contribution < -0.4 is 19.3 Å². The van der Waals surface area contributed by atoms with Crippen molar-refractivity contribution in [2.75, 3.05) is 30.0 Å². The lowest BCUT2D eigenvalue weighted by atomic mass is 9.86. The first-order valence-corrected chi connectivity index (χ1v) is 11.0. The molecule has 0 radical (unpaired) electrons. The Kier molecular flexibility index (Phi) is 5.23. The molecule has 0 aromatic heterocycles. The quantitative estimate of drug-likeness (QED) is 0.699. The van der Waals surface area contributed by atoms with Crippen molar-refractivity contribution in [3.8, 4) is 11.5 Å². The van der Waals surface area contributed by atoms with E-state index in [1.54, 1.807) is 16.8 Å². The summed E-state index contributed by atoms with van der Waals surface area (Å²) in [4.78, 5) is 29.1. The van der Waals surface area contributed by atoms with E-state index in [1.807, 2.05) is 36.4 Å². The molecule has 32 heavy (non-hydrogen) atoms. The Morgan fingerprint density at radius 3 is 2.16 bits per heavy atom. The molecule has 6 nitrogen and oxygen atoms in total. The van der Waals surface area contributed by atoms with Gasteiger partial charge in [-0.05, 0) is 46.2 Å². The molecule has 1 atom stereocenters. The number of anilines is 2. The lowest BCUT2D eigenvalue weighted by Crippen LogP contribution is -2.52. The summed E-state index contributed by atoms with van der Waals surface area (Å²) < 4.78 is 11.8. The van der Waals surface area contributed by atoms with Crippen LogP contribution in [0.1, 0.15) is 52.7 Å². The molecule has 2 aliphatic rings. The zero-order valence-electron chi connectivity index (χ0n) is 20.0. The van der Waals surface area contributed by atoms with Gasteiger partial charge in [0.05, 0.1) is 17.9 Å². The molecule has 6 heteroatoms. The maximum Gasteiger partial charge on any atom is 0.269 e. The first-order chi connectivity index (χ1) is 14.9. The summed E-state index contributed by atoms with van der Waals surface area (Å²) >= 11 is 0. The second kappa shape index (κ2) is 7.54. The molecule has 2 aliphatic heterocycles. The van der Waals surface area contributed by atoms with Crippen molar-refractivity contribution in [1.82, 2.24) is 0 Å². The Morgan fingerprint density at radius 1 is 0.875 bits per heavy atom. The second-order valence-electron chi connectivity index (χ2n) is 10.7. The fourth-order valence-corrected chi connectivity index (χ4v) is 4.04. The van der Waals surface area contributed by atoms with Crippen LogP contribution in [0.25, 0.3) is 0 Å². The van der Waals surface area contributed by atoms with Gasteiger partial charge >= 0.3 is 0 Å². The Balaban J connectivity index is 1.63. The van der Waals surface area contributed by atoms with Crippen LogP contribution in [0.5, 0.6) is 11.5 Å². The highest BCUT2D eigenvalue weighted by molar-refractivity contribution is 6.03. The standard InChI is InChI=1S/C26H32N2O4/c1-25(2,3)16-9-11-20-19(12-16)27(7)24(30)22(32-20)14-28-18-10-8-17(26(4,5)6)13-21(18)31-15-23(28)29/h8-13,22H,14-15H2,1-7H3. The summed E-state index contributed by atoms with van der Waals surface area (Å²) in [6.45, 7) is 12.9. The monoisotopic (exact) mass is 436 g/mol. The molecule has 0 saturated heterocycles. The Bertz CT molecular complexity index is 1080. The van der Waals surface area contributed by atoms with Gasteiger partial charge in [0, 0.05) is 7.05 Å². The van der Waals surface area contributed by atoms with E-state index in [0.717, 1.165) is 16.8 Å². The van der Waals surface area contributed by atoms with E-state index in [1.165, 1.54) is 0 Å². The highest BCUT2D eigenvalue weighted by atomic mass is 16.5. The predicted octanol–water partition coefficient (Wildman–Crippen LogP) is 4.43. The predicted molar refractivity (Wildman–Crippen MR) is 126 cm³/mol. The summed E-state index contributed by atoms with van der Waals surface area (Å²) in [5.74, 6) is 0.947. The van der Waals surface area contributed by atoms with Crippen molar-refractivity contribution in [3.05, 3.63) is 47.5 Å². The SMILES string of the molecule is CN1C(=O)C(CN2C(=O)COc3cc(C(C)(C)C)ccc32)Oc2ccc(C(C)(C)C)cc21. The molecule has 2 amide bonds. The number of hydrogen-bond acceptors (Lipinski definition) is 4. The van der Waals surface area contributed by atoms with Crippen LogP contribution in [0.3, 0.4) is 0 Å². The van der Waals surface area contributed by atoms with Crippen molar-refractivity contribution in [2.24, 2.45) is 0 Å². The van der Waals surface area contributed by atoms with E-state index in [-0.39, 0.29) is 35.8 Å². The topological polar surface area (TPSA) is 59.1 Å². The van der Waals surface area contributed by atoms with Crippen molar-refractivity contribution < 1.29 is 19.1 Å². The van der Waals surface area contributed by atoms with Crippen LogP contribution in [0.4, 0.5) is 11.4 Å². The summed E-state index contributed by atoms with van der Waals surface area (Å²) in [5, 5.41) is 0. The molecule has 0 bridgehead atoms. The van der Waals surface area contributed by atoms with Gasteiger partial charge in [-0.2, -0.15) is 0 Å². The van der Waals surface area contributed by atoms with E-state index < -0.39 is 6.10 Å². The molecule has 2 aromatic carbocycles. The van der Waals surface area contributed by atoms with Gasteiger partial charge in [0.15, 0.2) is 12.7 Å². The summed E-state index contributed by atoms with van der Waals surface area (Å²) in [6.07, 6.45) is -0.787. The lowest BCUT2D eigenvalue weighted by Gasteiger charge is -2.37. The number of carbonyl (C=O) groups excluding carboxylic acids is 2. The van der Waals surface area contributed by atoms with Crippen LogP contribution in [-0.4, -0.2) is 38.1 Å². The number of amides is 2. The molecule has 0 aliphatic carbocycles. The van der Waals surface area contributed by atoms with Gasteiger partial charge < -0.3 is 19.3 Å². The van der Waals surface area contributed by atoms with E-state index in [4.69, 9.17) is 9.47 Å². The Morgan fingerprint density at radius 2 is 1.50 bits per heavy atom. The lowest BCUT2D eigenvalue weighted by molar-refractivity contribution is -0.126. The molecule has 170 valence electrons. The van der Waals surface area contributed by atoms with E-state index >= 15 is 0 Å². The number of ether oxygens (including phenoxy) is 2. The molecule has 1 unspecified atom stereocenters. The van der Waals surface area contributed by atoms with Crippen molar-refractivity contribution in [2.45, 2.75) is 58.5 Å². The first-order valence-electron chi connectivity index (χ1n) is 11.0. The highest BCUT2D eigenvalue weighted by Crippen LogP contribution is 2.39. The molecular formula is C26H32N2O4. The molecule has 2 heterocycles. The van der Waals surface area contributed by atoms with Gasteiger partial charge in [0.2, 0.25) is 0 Å². The van der Waals surface area contributed by atoms with Gasteiger partial charge in [-0.25, -0.2) is 0 Å². The van der Waals surface area contributed by atoms with E-state index in [9.17, 15) is 9.59 Å². The number of likely N-dealkylation sites (N-methyl/N-ethyl adjacent to an activating group) is 1. The summed E-state index contributed by atoms with van der Waals surface area (Å²) in [5.41, 5.74) is 3.60. The zero-order valence-corrected chi connectivity index (χ0v) is 20.0. The molecule has 0 spiro atoms. The van der Waals surface area contributed by atoms with Crippen LogP contribution in [-0.2, 0) is 20.4 Å². The smallest absolute Gasteiger partial charge is 0.269 e. The van der Waals surface area contributed by atoms with Crippen molar-refractivity contribution in [3.63, 3.8) is 0 Å². The van der Waals surface area contributed by atoms with Crippen LogP contribution in [0.15, 0.2) is 36.4 Å². The molecule has 0 fully saturated rings. The Labute approximate surface area is 190 Å². The second-order valence-corrected chi connectivity index (χ2v) is 10.7. The minimum Gasteiger partial charge on any atom is -0.482 e. The summed E-state index contributed by atoms with van der Waals surface area (Å²) in [6, 6.07) is 11.8. The van der Waals surface area contributed by atoms with Gasteiger partial charge in [0.1, 0.15) is 11.5 Å². The van der Waals surface area contributed by atoms with Crippen LogP contribution >= 0.6 is 0 Å². The fourth-order valence-electron chi connectivity index (χ4n) is 4.04. The largest absolute Gasteiger partial charge is 0.482 e. The minimum atomic E-state index is -0.787. The number of nitrogens with zero attached hydrogens (tertiary/aromatic N) is 2. The average Bonchev–Trinajstić information content (AvgIpc) is 2.71. The maximum absolute atomic E-state index is 13.2. The minimum absolute atomic E-state index is 0.0361. The average molecular weight is 437 g/mol. The molecule has 0 saturated carbocycles. The first kappa shape index (κ1) is 22.2. The molecule has 4 rings (SSSR count). The third-order valence-corrected chi connectivity index (χ3v) is 6.18. The third-order valence-electron chi connectivity index (χ3n) is 6.18. The fraction of sp³-hybridized carbons (Fsp3) is 0.462. The Hall–Kier alpha value is -3.02. The van der Waals surface area contributed by atoms with Gasteiger partial charge in [-0.1, -0.05) is 53.7 Å². The van der Waals surface area contributed by atoms with Gasteiger partial charge in [0.25, 0.3) is 11.8 Å². The highest BCUT2D eigenvalue weighted by Gasteiger charge is 2.37. The van der Waals surface area contributed by atoms with Crippen molar-refractivity contribution in [1.29, 1.82) is 0 Å². The number of hydrogen-bond donors (Lipinski definition) is 0.